The highest BCUT2D eigenvalue weighted by atomic mass is 16.6. The molecule has 2 atom stereocenters. The summed E-state index contributed by atoms with van der Waals surface area (Å²) < 4.78 is 5.10. The molecule has 5 heteroatoms. The Balaban J connectivity index is 2.69. The van der Waals surface area contributed by atoms with Gasteiger partial charge in [0.2, 0.25) is 0 Å². The van der Waals surface area contributed by atoms with Crippen molar-refractivity contribution in [2.45, 2.75) is 58.1 Å². The number of aliphatic carboxylic acids is 1. The van der Waals surface area contributed by atoms with Crippen LogP contribution in [-0.2, 0) is 9.53 Å². The fourth-order valence-corrected chi connectivity index (χ4v) is 2.15. The molecule has 1 fully saturated rings. The zero-order valence-corrected chi connectivity index (χ0v) is 10.9. The molecule has 1 saturated carbocycles. The first-order chi connectivity index (χ1) is 7.65. The van der Waals surface area contributed by atoms with Crippen LogP contribution in [0.25, 0.3) is 0 Å². The van der Waals surface area contributed by atoms with Crippen LogP contribution in [0.1, 0.15) is 47.0 Å². The van der Waals surface area contributed by atoms with Crippen molar-refractivity contribution in [1.82, 2.24) is 5.32 Å². The second kappa shape index (κ2) is 4.55. The normalized spacial score (nSPS) is 28.8. The summed E-state index contributed by atoms with van der Waals surface area (Å²) in [5.74, 6) is -0.672. The van der Waals surface area contributed by atoms with Crippen molar-refractivity contribution in [3.05, 3.63) is 0 Å². The Hall–Kier alpha value is -1.26. The van der Waals surface area contributed by atoms with Crippen molar-refractivity contribution >= 4 is 12.1 Å². The number of hydrogen-bond acceptors (Lipinski definition) is 3. The van der Waals surface area contributed by atoms with Gasteiger partial charge in [0, 0.05) is 0 Å². The number of carbonyl (C=O) groups is 2. The second-order valence-corrected chi connectivity index (χ2v) is 5.86. The molecule has 0 aromatic heterocycles. The number of amides is 1. The summed E-state index contributed by atoms with van der Waals surface area (Å²) in [4.78, 5) is 22.9. The maximum Gasteiger partial charge on any atom is 0.408 e. The molecular weight excluding hydrogens is 222 g/mol. The Morgan fingerprint density at radius 1 is 1.41 bits per heavy atom. The lowest BCUT2D eigenvalue weighted by molar-refractivity contribution is -0.144. The predicted molar refractivity (Wildman–Crippen MR) is 62.8 cm³/mol. The minimum absolute atomic E-state index is 0.307. The van der Waals surface area contributed by atoms with Crippen molar-refractivity contribution in [2.75, 3.05) is 0 Å². The quantitative estimate of drug-likeness (QED) is 0.779. The lowest BCUT2D eigenvalue weighted by atomic mass is 9.97. The fraction of sp³-hybridized carbons (Fsp3) is 0.833. The SMILES string of the molecule is C[C@@H]1CC[C@@](NC(=O)OC(C)(C)C)(C(=O)O)C1. The van der Waals surface area contributed by atoms with Gasteiger partial charge in [-0.15, -0.1) is 0 Å². The van der Waals surface area contributed by atoms with E-state index in [2.05, 4.69) is 5.32 Å². The second-order valence-electron chi connectivity index (χ2n) is 5.86. The first-order valence-electron chi connectivity index (χ1n) is 5.89. The lowest BCUT2D eigenvalue weighted by Gasteiger charge is -2.28. The Labute approximate surface area is 102 Å². The molecule has 5 nitrogen and oxygen atoms in total. The van der Waals surface area contributed by atoms with E-state index in [9.17, 15) is 14.7 Å². The minimum atomic E-state index is -1.15. The first kappa shape index (κ1) is 13.8. The summed E-state index contributed by atoms with van der Waals surface area (Å²) in [6, 6.07) is 0. The molecular formula is C12H21NO4. The van der Waals surface area contributed by atoms with E-state index in [4.69, 9.17) is 4.74 Å². The van der Waals surface area contributed by atoms with Crippen molar-refractivity contribution in [3.8, 4) is 0 Å². The third kappa shape index (κ3) is 3.61. The van der Waals surface area contributed by atoms with Crippen LogP contribution in [0.4, 0.5) is 4.79 Å². The summed E-state index contributed by atoms with van der Waals surface area (Å²) in [5.41, 5.74) is -1.77. The van der Waals surface area contributed by atoms with E-state index < -0.39 is 23.2 Å². The zero-order valence-electron chi connectivity index (χ0n) is 10.9. The maximum atomic E-state index is 11.6. The highest BCUT2D eigenvalue weighted by Gasteiger charge is 2.46. The van der Waals surface area contributed by atoms with Crippen molar-refractivity contribution in [3.63, 3.8) is 0 Å². The van der Waals surface area contributed by atoms with E-state index in [0.29, 0.717) is 18.8 Å². The Morgan fingerprint density at radius 2 is 2.00 bits per heavy atom. The largest absolute Gasteiger partial charge is 0.480 e. The van der Waals surface area contributed by atoms with Gasteiger partial charge in [-0.1, -0.05) is 6.92 Å². The van der Waals surface area contributed by atoms with E-state index >= 15 is 0 Å². The number of carboxylic acids is 1. The molecule has 0 heterocycles. The molecule has 17 heavy (non-hydrogen) atoms. The van der Waals surface area contributed by atoms with E-state index in [0.717, 1.165) is 6.42 Å². The van der Waals surface area contributed by atoms with Gasteiger partial charge in [-0.05, 0) is 46.0 Å². The lowest BCUT2D eigenvalue weighted by Crippen LogP contribution is -2.53. The molecule has 0 aromatic carbocycles. The summed E-state index contributed by atoms with van der Waals surface area (Å²) in [6.45, 7) is 7.23. The number of ether oxygens (including phenoxy) is 1. The Bertz CT molecular complexity index is 321. The summed E-state index contributed by atoms with van der Waals surface area (Å²) in [7, 11) is 0. The number of carbonyl (C=O) groups excluding carboxylic acids is 1. The third-order valence-corrected chi connectivity index (χ3v) is 2.91. The summed E-state index contributed by atoms with van der Waals surface area (Å²) >= 11 is 0. The highest BCUT2D eigenvalue weighted by molar-refractivity contribution is 5.84. The third-order valence-electron chi connectivity index (χ3n) is 2.91. The Morgan fingerprint density at radius 3 is 2.35 bits per heavy atom. The van der Waals surface area contributed by atoms with Crippen molar-refractivity contribution < 1.29 is 19.4 Å². The fourth-order valence-electron chi connectivity index (χ4n) is 2.15. The van der Waals surface area contributed by atoms with Gasteiger partial charge in [0.1, 0.15) is 11.1 Å². The van der Waals surface area contributed by atoms with Crippen LogP contribution in [-0.4, -0.2) is 28.3 Å². The van der Waals surface area contributed by atoms with Crippen LogP contribution in [0.5, 0.6) is 0 Å². The zero-order chi connectivity index (χ0) is 13.3. The van der Waals surface area contributed by atoms with Crippen LogP contribution in [0.2, 0.25) is 0 Å². The summed E-state index contributed by atoms with van der Waals surface area (Å²) in [5, 5.41) is 11.8. The van der Waals surface area contributed by atoms with E-state index in [-0.39, 0.29) is 0 Å². The Kier molecular flexibility index (Phi) is 3.69. The van der Waals surface area contributed by atoms with Crippen LogP contribution in [0.15, 0.2) is 0 Å². The van der Waals surface area contributed by atoms with E-state index in [1.807, 2.05) is 6.92 Å². The molecule has 1 aliphatic carbocycles. The number of nitrogens with one attached hydrogen (secondary N) is 1. The van der Waals surface area contributed by atoms with Gasteiger partial charge < -0.3 is 15.2 Å². The van der Waals surface area contributed by atoms with E-state index in [1.165, 1.54) is 0 Å². The van der Waals surface area contributed by atoms with Crippen LogP contribution in [0, 0.1) is 5.92 Å². The summed E-state index contributed by atoms with van der Waals surface area (Å²) in [6.07, 6.45) is 1.07. The molecule has 0 bridgehead atoms. The van der Waals surface area contributed by atoms with Gasteiger partial charge in [0.05, 0.1) is 0 Å². The molecule has 1 amide bonds. The van der Waals surface area contributed by atoms with Crippen molar-refractivity contribution in [1.29, 1.82) is 0 Å². The number of alkyl carbamates (subject to hydrolysis) is 1. The molecule has 0 spiro atoms. The molecule has 2 N–H and O–H groups in total. The molecule has 1 rings (SSSR count). The van der Waals surface area contributed by atoms with Gasteiger partial charge in [-0.25, -0.2) is 9.59 Å². The van der Waals surface area contributed by atoms with Crippen LogP contribution in [0.3, 0.4) is 0 Å². The van der Waals surface area contributed by atoms with Gasteiger partial charge in [0.25, 0.3) is 0 Å². The maximum absolute atomic E-state index is 11.6. The van der Waals surface area contributed by atoms with Crippen LogP contribution < -0.4 is 5.32 Å². The van der Waals surface area contributed by atoms with Gasteiger partial charge in [-0.2, -0.15) is 0 Å². The minimum Gasteiger partial charge on any atom is -0.480 e. The predicted octanol–water partition coefficient (Wildman–Crippen LogP) is 2.15. The number of rotatable bonds is 2. The average Bonchev–Trinajstić information content (AvgIpc) is 2.44. The van der Waals surface area contributed by atoms with Gasteiger partial charge in [0.15, 0.2) is 0 Å². The molecule has 0 saturated heterocycles. The molecule has 0 unspecified atom stereocenters. The molecule has 0 radical (unpaired) electrons. The molecule has 98 valence electrons. The topological polar surface area (TPSA) is 75.6 Å². The van der Waals surface area contributed by atoms with E-state index in [1.54, 1.807) is 20.8 Å². The number of carboxylic acid groups (broad SMARTS) is 1. The molecule has 0 aliphatic heterocycles. The number of hydrogen-bond donors (Lipinski definition) is 2. The van der Waals surface area contributed by atoms with Crippen LogP contribution >= 0.6 is 0 Å². The van der Waals surface area contributed by atoms with Gasteiger partial charge >= 0.3 is 12.1 Å². The highest BCUT2D eigenvalue weighted by Crippen LogP contribution is 2.34. The standard InChI is InChI=1S/C12H21NO4/c1-8-5-6-12(7-8,9(14)15)13-10(16)17-11(2,3)4/h8H,5-7H2,1-4H3,(H,13,16)(H,14,15)/t8-,12+/m1/s1. The van der Waals surface area contributed by atoms with Crippen molar-refractivity contribution in [2.24, 2.45) is 5.92 Å². The molecule has 1 aliphatic rings. The monoisotopic (exact) mass is 243 g/mol. The average molecular weight is 243 g/mol. The smallest absolute Gasteiger partial charge is 0.408 e. The first-order valence-corrected chi connectivity index (χ1v) is 5.89. The molecule has 0 aromatic rings. The van der Waals surface area contributed by atoms with Gasteiger partial charge in [-0.3, -0.25) is 0 Å².